The number of carbonyl (C=O) groups is 1. The van der Waals surface area contributed by atoms with Crippen molar-refractivity contribution in [2.24, 2.45) is 0 Å². The zero-order valence-corrected chi connectivity index (χ0v) is 15.6. The summed E-state index contributed by atoms with van der Waals surface area (Å²) in [5.74, 6) is 1.87. The second-order valence-corrected chi connectivity index (χ2v) is 6.69. The van der Waals surface area contributed by atoms with Gasteiger partial charge in [-0.25, -0.2) is 0 Å². The van der Waals surface area contributed by atoms with Crippen molar-refractivity contribution in [3.8, 4) is 5.75 Å². The Kier molecular flexibility index (Phi) is 6.28. The lowest BCUT2D eigenvalue weighted by Gasteiger charge is -2.21. The summed E-state index contributed by atoms with van der Waals surface area (Å²) < 4.78 is 10.6. The number of carbonyl (C=O) groups excluding carboxylic acids is 1. The highest BCUT2D eigenvalue weighted by molar-refractivity contribution is 5.78. The molecule has 0 aliphatic carbocycles. The molecule has 0 unspecified atom stereocenters. The van der Waals surface area contributed by atoms with Gasteiger partial charge in [0.1, 0.15) is 11.5 Å². The van der Waals surface area contributed by atoms with Crippen molar-refractivity contribution in [3.05, 3.63) is 47.3 Å². The monoisotopic (exact) mass is 357 g/mol. The topological polar surface area (TPSA) is 58.8 Å². The fourth-order valence-electron chi connectivity index (χ4n) is 3.26. The van der Waals surface area contributed by atoms with Crippen molar-refractivity contribution in [2.75, 3.05) is 32.8 Å². The molecule has 3 rings (SSSR count). The van der Waals surface area contributed by atoms with E-state index in [0.717, 1.165) is 61.9 Å². The molecule has 2 heterocycles. The quantitative estimate of drug-likeness (QED) is 0.795. The number of ether oxygens (including phenoxy) is 1. The molecule has 0 spiro atoms. The lowest BCUT2D eigenvalue weighted by molar-refractivity contribution is -0.130. The van der Waals surface area contributed by atoms with Gasteiger partial charge in [0.05, 0.1) is 18.7 Å². The summed E-state index contributed by atoms with van der Waals surface area (Å²) >= 11 is 0. The number of benzene rings is 1. The molecule has 6 nitrogen and oxygen atoms in total. The Balaban J connectivity index is 1.50. The molecule has 1 fully saturated rings. The van der Waals surface area contributed by atoms with E-state index in [1.165, 1.54) is 0 Å². The predicted molar refractivity (Wildman–Crippen MR) is 99.0 cm³/mol. The molecule has 0 radical (unpaired) electrons. The first-order chi connectivity index (χ1) is 12.6. The molecule has 2 aromatic rings. The fraction of sp³-hybridized carbons (Fsp3) is 0.500. The Morgan fingerprint density at radius 1 is 1.19 bits per heavy atom. The normalized spacial score (nSPS) is 15.7. The van der Waals surface area contributed by atoms with Crippen LogP contribution in [0.5, 0.6) is 5.75 Å². The van der Waals surface area contributed by atoms with E-state index in [1.807, 2.05) is 49.1 Å². The van der Waals surface area contributed by atoms with E-state index in [0.29, 0.717) is 13.0 Å². The van der Waals surface area contributed by atoms with Crippen LogP contribution in [0.3, 0.4) is 0 Å². The highest BCUT2D eigenvalue weighted by Gasteiger charge is 2.20. The number of hydrogen-bond donors (Lipinski definition) is 0. The fourth-order valence-corrected chi connectivity index (χ4v) is 3.26. The van der Waals surface area contributed by atoms with Gasteiger partial charge < -0.3 is 14.2 Å². The molecule has 0 saturated carbocycles. The van der Waals surface area contributed by atoms with Gasteiger partial charge in [-0.05, 0) is 38.0 Å². The Hall–Kier alpha value is -2.34. The van der Waals surface area contributed by atoms with Gasteiger partial charge in [-0.2, -0.15) is 0 Å². The van der Waals surface area contributed by atoms with Crippen LogP contribution in [0.1, 0.15) is 30.4 Å². The minimum atomic E-state index is 0.188. The van der Waals surface area contributed by atoms with E-state index in [2.05, 4.69) is 10.1 Å². The highest BCUT2D eigenvalue weighted by atomic mass is 16.5. The van der Waals surface area contributed by atoms with E-state index in [9.17, 15) is 4.79 Å². The first-order valence-corrected chi connectivity index (χ1v) is 9.28. The molecule has 0 N–H and O–H groups in total. The van der Waals surface area contributed by atoms with E-state index in [1.54, 1.807) is 0 Å². The van der Waals surface area contributed by atoms with Crippen LogP contribution in [-0.2, 0) is 17.8 Å². The maximum Gasteiger partial charge on any atom is 0.227 e. The molecule has 0 atom stereocenters. The summed E-state index contributed by atoms with van der Waals surface area (Å²) in [6.07, 6.45) is 1.42. The summed E-state index contributed by atoms with van der Waals surface area (Å²) in [6, 6.07) is 9.77. The molecule has 140 valence electrons. The number of nitrogens with zero attached hydrogens (tertiary/aromatic N) is 3. The minimum absolute atomic E-state index is 0.188. The molecule has 1 amide bonds. The lowest BCUT2D eigenvalue weighted by Crippen LogP contribution is -2.36. The SMILES string of the molecule is CCOc1ccc(CC(=O)N2CCCN(Cc3cc(C)on3)CC2)cc1. The zero-order valence-electron chi connectivity index (χ0n) is 15.6. The van der Waals surface area contributed by atoms with Gasteiger partial charge in [0.15, 0.2) is 0 Å². The minimum Gasteiger partial charge on any atom is -0.494 e. The van der Waals surface area contributed by atoms with Crippen LogP contribution in [0.2, 0.25) is 0 Å². The van der Waals surface area contributed by atoms with Crippen LogP contribution in [0.4, 0.5) is 0 Å². The van der Waals surface area contributed by atoms with Gasteiger partial charge in [-0.1, -0.05) is 17.3 Å². The molecule has 1 aliphatic heterocycles. The average Bonchev–Trinajstić information content (AvgIpc) is 2.89. The van der Waals surface area contributed by atoms with Crippen LogP contribution in [0.25, 0.3) is 0 Å². The van der Waals surface area contributed by atoms with Gasteiger partial charge in [-0.15, -0.1) is 0 Å². The van der Waals surface area contributed by atoms with Gasteiger partial charge in [-0.3, -0.25) is 9.69 Å². The van der Waals surface area contributed by atoms with Crippen LogP contribution in [0.15, 0.2) is 34.9 Å². The summed E-state index contributed by atoms with van der Waals surface area (Å²) in [7, 11) is 0. The van der Waals surface area contributed by atoms with Crippen molar-refractivity contribution in [3.63, 3.8) is 0 Å². The Morgan fingerprint density at radius 2 is 2.00 bits per heavy atom. The Bertz CT molecular complexity index is 711. The first-order valence-electron chi connectivity index (χ1n) is 9.28. The molecule has 1 aromatic carbocycles. The second-order valence-electron chi connectivity index (χ2n) is 6.69. The third-order valence-corrected chi connectivity index (χ3v) is 4.59. The number of aryl methyl sites for hydroxylation is 1. The third kappa shape index (κ3) is 5.08. The average molecular weight is 357 g/mol. The van der Waals surface area contributed by atoms with Gasteiger partial charge in [0.2, 0.25) is 5.91 Å². The van der Waals surface area contributed by atoms with Crippen molar-refractivity contribution < 1.29 is 14.1 Å². The molecule has 1 aliphatic rings. The van der Waals surface area contributed by atoms with Crippen molar-refractivity contribution in [1.82, 2.24) is 15.0 Å². The largest absolute Gasteiger partial charge is 0.494 e. The highest BCUT2D eigenvalue weighted by Crippen LogP contribution is 2.14. The van der Waals surface area contributed by atoms with Crippen LogP contribution in [0, 0.1) is 6.92 Å². The summed E-state index contributed by atoms with van der Waals surface area (Å²) in [6.45, 7) is 8.69. The van der Waals surface area contributed by atoms with Crippen molar-refractivity contribution in [1.29, 1.82) is 0 Å². The molecule has 1 aromatic heterocycles. The number of rotatable bonds is 6. The van der Waals surface area contributed by atoms with E-state index in [-0.39, 0.29) is 5.91 Å². The van der Waals surface area contributed by atoms with Crippen LogP contribution in [-0.4, -0.2) is 53.6 Å². The van der Waals surface area contributed by atoms with E-state index >= 15 is 0 Å². The number of aromatic nitrogens is 1. The Labute approximate surface area is 154 Å². The maximum absolute atomic E-state index is 12.6. The summed E-state index contributed by atoms with van der Waals surface area (Å²) in [5, 5.41) is 4.06. The first kappa shape index (κ1) is 18.5. The standard InChI is InChI=1S/C20H27N3O3/c1-3-25-19-7-5-17(6-8-19)14-20(24)23-10-4-9-22(11-12-23)15-18-13-16(2)26-21-18/h5-8,13H,3-4,9-12,14-15H2,1-2H3. The Morgan fingerprint density at radius 3 is 2.69 bits per heavy atom. The molecule has 6 heteroatoms. The molecule has 26 heavy (non-hydrogen) atoms. The smallest absolute Gasteiger partial charge is 0.227 e. The second kappa shape index (κ2) is 8.85. The van der Waals surface area contributed by atoms with Gasteiger partial charge >= 0.3 is 0 Å². The summed E-state index contributed by atoms with van der Waals surface area (Å²) in [4.78, 5) is 17.0. The van der Waals surface area contributed by atoms with Gasteiger partial charge in [0.25, 0.3) is 0 Å². The number of amides is 1. The zero-order chi connectivity index (χ0) is 18.4. The summed E-state index contributed by atoms with van der Waals surface area (Å²) in [5.41, 5.74) is 1.98. The molecule has 1 saturated heterocycles. The molecular weight excluding hydrogens is 330 g/mol. The molecular formula is C20H27N3O3. The molecule has 0 bridgehead atoms. The third-order valence-electron chi connectivity index (χ3n) is 4.59. The van der Waals surface area contributed by atoms with Crippen molar-refractivity contribution in [2.45, 2.75) is 33.2 Å². The van der Waals surface area contributed by atoms with E-state index < -0.39 is 0 Å². The van der Waals surface area contributed by atoms with Gasteiger partial charge in [0, 0.05) is 38.8 Å². The van der Waals surface area contributed by atoms with Crippen LogP contribution < -0.4 is 4.74 Å². The lowest BCUT2D eigenvalue weighted by atomic mass is 10.1. The predicted octanol–water partition coefficient (Wildman–Crippen LogP) is 2.66. The maximum atomic E-state index is 12.6. The van der Waals surface area contributed by atoms with Crippen molar-refractivity contribution >= 4 is 5.91 Å². The van der Waals surface area contributed by atoms with E-state index in [4.69, 9.17) is 9.26 Å². The number of hydrogen-bond acceptors (Lipinski definition) is 5. The van der Waals surface area contributed by atoms with Crippen LogP contribution >= 0.6 is 0 Å².